The van der Waals surface area contributed by atoms with Crippen LogP contribution in [0.1, 0.15) is 36.0 Å². The smallest absolute Gasteiger partial charge is 0.338 e. The number of aromatic carboxylic acids is 1. The van der Waals surface area contributed by atoms with Crippen molar-refractivity contribution < 1.29 is 18.7 Å². The first-order valence-electron chi connectivity index (χ1n) is 6.04. The Labute approximate surface area is 104 Å². The zero-order chi connectivity index (χ0) is 13.1. The highest BCUT2D eigenvalue weighted by Crippen LogP contribution is 2.26. The average Bonchev–Trinajstić information content (AvgIpc) is 2.80. The van der Waals surface area contributed by atoms with Crippen molar-refractivity contribution in [2.45, 2.75) is 25.7 Å². The fraction of sp³-hybridized carbons (Fsp3) is 0.462. The van der Waals surface area contributed by atoms with Crippen LogP contribution in [0.2, 0.25) is 0 Å². The first kappa shape index (κ1) is 12.8. The molecule has 1 aliphatic rings. The summed E-state index contributed by atoms with van der Waals surface area (Å²) in [6, 6.07) is 1.63. The summed E-state index contributed by atoms with van der Waals surface area (Å²) in [5.41, 5.74) is -0.453. The first-order chi connectivity index (χ1) is 8.58. The van der Waals surface area contributed by atoms with Gasteiger partial charge < -0.3 is 10.4 Å². The van der Waals surface area contributed by atoms with E-state index in [-0.39, 0.29) is 5.69 Å². The van der Waals surface area contributed by atoms with Gasteiger partial charge in [-0.15, -0.1) is 0 Å². The minimum Gasteiger partial charge on any atom is -0.478 e. The summed E-state index contributed by atoms with van der Waals surface area (Å²) < 4.78 is 26.6. The monoisotopic (exact) mass is 255 g/mol. The van der Waals surface area contributed by atoms with Crippen molar-refractivity contribution in [3.63, 3.8) is 0 Å². The Morgan fingerprint density at radius 3 is 2.56 bits per heavy atom. The van der Waals surface area contributed by atoms with Crippen molar-refractivity contribution in [1.82, 2.24) is 0 Å². The van der Waals surface area contributed by atoms with Crippen LogP contribution in [-0.4, -0.2) is 17.6 Å². The number of carboxylic acids is 1. The fourth-order valence-electron chi connectivity index (χ4n) is 2.32. The van der Waals surface area contributed by atoms with Crippen LogP contribution in [0.15, 0.2) is 12.1 Å². The van der Waals surface area contributed by atoms with Crippen molar-refractivity contribution in [2.24, 2.45) is 5.92 Å². The maximum atomic E-state index is 13.5. The van der Waals surface area contributed by atoms with Crippen LogP contribution in [0.4, 0.5) is 14.5 Å². The maximum absolute atomic E-state index is 13.5. The number of hydrogen-bond acceptors (Lipinski definition) is 2. The van der Waals surface area contributed by atoms with Crippen molar-refractivity contribution in [3.05, 3.63) is 29.3 Å². The highest BCUT2D eigenvalue weighted by atomic mass is 19.1. The number of hydrogen-bond donors (Lipinski definition) is 2. The van der Waals surface area contributed by atoms with Crippen LogP contribution in [0, 0.1) is 17.6 Å². The van der Waals surface area contributed by atoms with Gasteiger partial charge >= 0.3 is 5.97 Å². The van der Waals surface area contributed by atoms with E-state index in [0.717, 1.165) is 18.9 Å². The van der Waals surface area contributed by atoms with Crippen molar-refractivity contribution >= 4 is 11.7 Å². The molecule has 0 radical (unpaired) electrons. The molecule has 98 valence electrons. The number of nitrogens with one attached hydrogen (secondary N) is 1. The summed E-state index contributed by atoms with van der Waals surface area (Å²) in [6.07, 6.45) is 4.56. The lowest BCUT2D eigenvalue weighted by atomic mass is 10.1. The Bertz CT molecular complexity index is 457. The van der Waals surface area contributed by atoms with E-state index in [4.69, 9.17) is 5.11 Å². The maximum Gasteiger partial charge on any atom is 0.338 e. The Kier molecular flexibility index (Phi) is 3.79. The van der Waals surface area contributed by atoms with Gasteiger partial charge in [0.05, 0.1) is 11.3 Å². The van der Waals surface area contributed by atoms with Crippen LogP contribution < -0.4 is 5.32 Å². The number of halogens is 2. The van der Waals surface area contributed by atoms with Crippen LogP contribution in [0.3, 0.4) is 0 Å². The van der Waals surface area contributed by atoms with Gasteiger partial charge in [0.15, 0.2) is 0 Å². The van der Waals surface area contributed by atoms with Crippen molar-refractivity contribution in [1.29, 1.82) is 0 Å². The predicted molar refractivity (Wildman–Crippen MR) is 63.8 cm³/mol. The van der Waals surface area contributed by atoms with E-state index in [1.807, 2.05) is 0 Å². The van der Waals surface area contributed by atoms with E-state index < -0.39 is 23.2 Å². The van der Waals surface area contributed by atoms with E-state index >= 15 is 0 Å². The van der Waals surface area contributed by atoms with Gasteiger partial charge in [-0.25, -0.2) is 13.6 Å². The molecule has 1 aromatic carbocycles. The second-order valence-corrected chi connectivity index (χ2v) is 4.65. The molecule has 5 heteroatoms. The van der Waals surface area contributed by atoms with E-state index in [1.54, 1.807) is 0 Å². The molecule has 2 N–H and O–H groups in total. The third-order valence-corrected chi connectivity index (χ3v) is 3.34. The van der Waals surface area contributed by atoms with Gasteiger partial charge in [-0.05, 0) is 24.8 Å². The topological polar surface area (TPSA) is 49.3 Å². The number of carbonyl (C=O) groups is 1. The minimum absolute atomic E-state index is 0.0562. The Hall–Kier alpha value is -1.65. The van der Waals surface area contributed by atoms with E-state index in [1.165, 1.54) is 12.8 Å². The summed E-state index contributed by atoms with van der Waals surface area (Å²) in [4.78, 5) is 10.8. The summed E-state index contributed by atoms with van der Waals surface area (Å²) in [5, 5.41) is 11.6. The summed E-state index contributed by atoms with van der Waals surface area (Å²) in [6.45, 7) is 0.599. The molecule has 18 heavy (non-hydrogen) atoms. The lowest BCUT2D eigenvalue weighted by Crippen LogP contribution is -2.13. The van der Waals surface area contributed by atoms with Crippen LogP contribution in [0.25, 0.3) is 0 Å². The summed E-state index contributed by atoms with van der Waals surface area (Å²) in [7, 11) is 0. The molecule has 0 spiro atoms. The average molecular weight is 255 g/mol. The fourth-order valence-corrected chi connectivity index (χ4v) is 2.32. The molecule has 0 saturated heterocycles. The molecule has 0 unspecified atom stereocenters. The zero-order valence-electron chi connectivity index (χ0n) is 9.88. The largest absolute Gasteiger partial charge is 0.478 e. The molecule has 0 aliphatic heterocycles. The molecular formula is C13H15F2NO2. The van der Waals surface area contributed by atoms with Gasteiger partial charge in [0, 0.05) is 12.6 Å². The zero-order valence-corrected chi connectivity index (χ0v) is 9.88. The highest BCUT2D eigenvalue weighted by molar-refractivity contribution is 5.89. The molecule has 2 rings (SSSR count). The standard InChI is InChI=1S/C13H15F2NO2/c14-10-6-11(15)12(5-9(10)13(17)18)16-7-8-3-1-2-4-8/h5-6,8,16H,1-4,7H2,(H,17,18). The Morgan fingerprint density at radius 1 is 1.28 bits per heavy atom. The molecular weight excluding hydrogens is 240 g/mol. The number of anilines is 1. The number of benzene rings is 1. The van der Waals surface area contributed by atoms with E-state index in [2.05, 4.69) is 5.32 Å². The predicted octanol–water partition coefficient (Wildman–Crippen LogP) is 3.27. The van der Waals surface area contributed by atoms with E-state index in [9.17, 15) is 13.6 Å². The van der Waals surface area contributed by atoms with Gasteiger partial charge in [-0.1, -0.05) is 12.8 Å². The summed E-state index contributed by atoms with van der Waals surface area (Å²) in [5.74, 6) is -2.71. The SMILES string of the molecule is O=C(O)c1cc(NCC2CCCC2)c(F)cc1F. The molecule has 3 nitrogen and oxygen atoms in total. The molecule has 0 amide bonds. The van der Waals surface area contributed by atoms with Crippen molar-refractivity contribution in [3.8, 4) is 0 Å². The third-order valence-electron chi connectivity index (χ3n) is 3.34. The van der Waals surface area contributed by atoms with Gasteiger partial charge in [0.25, 0.3) is 0 Å². The van der Waals surface area contributed by atoms with Crippen LogP contribution in [-0.2, 0) is 0 Å². The van der Waals surface area contributed by atoms with Gasteiger partial charge in [-0.3, -0.25) is 0 Å². The van der Waals surface area contributed by atoms with Crippen LogP contribution >= 0.6 is 0 Å². The molecule has 0 heterocycles. The first-order valence-corrected chi connectivity index (χ1v) is 6.04. The molecule has 1 fully saturated rings. The Morgan fingerprint density at radius 2 is 1.94 bits per heavy atom. The molecule has 1 aromatic rings. The van der Waals surface area contributed by atoms with Gasteiger partial charge in [-0.2, -0.15) is 0 Å². The third kappa shape index (κ3) is 2.78. The summed E-state index contributed by atoms with van der Waals surface area (Å²) >= 11 is 0. The highest BCUT2D eigenvalue weighted by Gasteiger charge is 2.18. The number of rotatable bonds is 4. The minimum atomic E-state index is -1.39. The molecule has 0 bridgehead atoms. The quantitative estimate of drug-likeness (QED) is 0.868. The van der Waals surface area contributed by atoms with Gasteiger partial charge in [0.1, 0.15) is 11.6 Å². The van der Waals surface area contributed by atoms with Crippen LogP contribution in [0.5, 0.6) is 0 Å². The lowest BCUT2D eigenvalue weighted by molar-refractivity contribution is 0.0692. The van der Waals surface area contributed by atoms with Gasteiger partial charge in [0.2, 0.25) is 0 Å². The second kappa shape index (κ2) is 5.33. The van der Waals surface area contributed by atoms with E-state index in [0.29, 0.717) is 18.5 Å². The molecule has 1 saturated carbocycles. The molecule has 0 aromatic heterocycles. The normalized spacial score (nSPS) is 15.9. The molecule has 1 aliphatic carbocycles. The Balaban J connectivity index is 2.11. The lowest BCUT2D eigenvalue weighted by Gasteiger charge is -2.13. The number of carboxylic acid groups (broad SMARTS) is 1. The van der Waals surface area contributed by atoms with Crippen molar-refractivity contribution in [2.75, 3.05) is 11.9 Å². The second-order valence-electron chi connectivity index (χ2n) is 4.65. The molecule has 0 atom stereocenters.